The second kappa shape index (κ2) is 6.80. The predicted octanol–water partition coefficient (Wildman–Crippen LogP) is 0.480. The highest BCUT2D eigenvalue weighted by Crippen LogP contribution is 2.15. The lowest BCUT2D eigenvalue weighted by Crippen LogP contribution is -2.19. The van der Waals surface area contributed by atoms with E-state index in [1.54, 1.807) is 0 Å². The minimum Gasteiger partial charge on any atom is -0.362 e. The van der Waals surface area contributed by atoms with Crippen molar-refractivity contribution in [3.05, 3.63) is 9.81 Å². The van der Waals surface area contributed by atoms with E-state index in [0.29, 0.717) is 0 Å². The number of hydrogen-bond acceptors (Lipinski definition) is 6. The number of aromatic nitrogens is 2. The summed E-state index contributed by atoms with van der Waals surface area (Å²) in [5, 5.41) is 12.4. The van der Waals surface area contributed by atoms with Gasteiger partial charge < -0.3 is 4.89 Å². The molecule has 0 fully saturated rings. The summed E-state index contributed by atoms with van der Waals surface area (Å²) in [6.07, 6.45) is 0.734. The highest BCUT2D eigenvalue weighted by molar-refractivity contribution is 8.93. The van der Waals surface area contributed by atoms with Crippen LogP contribution >= 0.6 is 36.3 Å². The molecule has 1 rings (SSSR count). The smallest absolute Gasteiger partial charge is 0.200 e. The van der Waals surface area contributed by atoms with Gasteiger partial charge in [-0.05, 0) is 6.42 Å². The number of hydrogen-bond donors (Lipinski definition) is 2. The lowest BCUT2D eigenvalue weighted by molar-refractivity contribution is 0.576. The zero-order chi connectivity index (χ0) is 11.5. The number of halogens is 1. The lowest BCUT2D eigenvalue weighted by atomic mass is 10.5. The van der Waals surface area contributed by atoms with Crippen LogP contribution in [-0.2, 0) is 22.4 Å². The fraction of sp³-hybridized carbons (Fsp3) is 0.667. The highest BCUT2D eigenvalue weighted by atomic mass is 79.9. The maximum atomic E-state index is 11.0. The summed E-state index contributed by atoms with van der Waals surface area (Å²) in [6, 6.07) is 0. The minimum absolute atomic E-state index is 0. The summed E-state index contributed by atoms with van der Waals surface area (Å²) in [4.78, 5) is 8.80. The third-order valence-corrected chi connectivity index (χ3v) is 5.15. The van der Waals surface area contributed by atoms with Crippen molar-refractivity contribution in [2.24, 2.45) is 0 Å². The first-order valence-electron chi connectivity index (χ1n) is 4.23. The Hall–Kier alpha value is 0.180. The standard InChI is InChI=1S/C6H12N3O3PS2.BrH/c1-2-5-8-9(6(7)14-5)3-4-15(11,12)13-10;/h7,10,13H,2-4H2,1H3;1H. The molecular formula is C6H13BrN3O3PS2. The van der Waals surface area contributed by atoms with Gasteiger partial charge in [-0.1, -0.05) is 18.3 Å². The number of aryl methyl sites for hydroxylation is 2. The van der Waals surface area contributed by atoms with Crippen LogP contribution in [0.2, 0.25) is 0 Å². The van der Waals surface area contributed by atoms with Crippen LogP contribution in [0.4, 0.5) is 0 Å². The fourth-order valence-electron chi connectivity index (χ4n) is 0.911. The SMILES string of the molecule is Br.CCc1nn(CCS(=O)(=O)PO)c(=N)s1. The molecule has 2 N–H and O–H groups in total. The van der Waals surface area contributed by atoms with Crippen molar-refractivity contribution in [1.29, 1.82) is 5.41 Å². The Morgan fingerprint density at radius 3 is 2.69 bits per heavy atom. The summed E-state index contributed by atoms with van der Waals surface area (Å²) in [5.74, 6) is -0.175. The molecule has 0 aromatic carbocycles. The third kappa shape index (κ3) is 4.58. The van der Waals surface area contributed by atoms with Crippen molar-refractivity contribution in [3.63, 3.8) is 0 Å². The van der Waals surface area contributed by atoms with Crippen LogP contribution < -0.4 is 4.80 Å². The topological polar surface area (TPSA) is 96.0 Å². The molecule has 0 bridgehead atoms. The average Bonchev–Trinajstić information content (AvgIpc) is 2.57. The molecule has 1 unspecified atom stereocenters. The Balaban J connectivity index is 0.00000225. The summed E-state index contributed by atoms with van der Waals surface area (Å²) >= 11 is 1.24. The van der Waals surface area contributed by atoms with Crippen molar-refractivity contribution < 1.29 is 13.3 Å². The zero-order valence-corrected chi connectivity index (χ0v) is 12.9. The molecule has 6 nitrogen and oxygen atoms in total. The lowest BCUT2D eigenvalue weighted by Gasteiger charge is -2.00. The summed E-state index contributed by atoms with van der Waals surface area (Å²) in [6.45, 7) is 2.06. The molecule has 1 heterocycles. The van der Waals surface area contributed by atoms with Crippen LogP contribution in [0.1, 0.15) is 11.9 Å². The summed E-state index contributed by atoms with van der Waals surface area (Å²) in [7, 11) is -4.47. The van der Waals surface area contributed by atoms with E-state index in [2.05, 4.69) is 5.10 Å². The molecular weight excluding hydrogens is 337 g/mol. The Labute approximate surface area is 110 Å². The molecule has 16 heavy (non-hydrogen) atoms. The molecule has 0 saturated carbocycles. The van der Waals surface area contributed by atoms with Gasteiger partial charge in [0.25, 0.3) is 0 Å². The average molecular weight is 350 g/mol. The van der Waals surface area contributed by atoms with E-state index in [4.69, 9.17) is 10.3 Å². The van der Waals surface area contributed by atoms with Crippen molar-refractivity contribution >= 4 is 45.8 Å². The van der Waals surface area contributed by atoms with Gasteiger partial charge in [-0.15, -0.1) is 17.0 Å². The maximum Gasteiger partial charge on any atom is 0.200 e. The van der Waals surface area contributed by atoms with E-state index in [1.165, 1.54) is 16.0 Å². The Kier molecular flexibility index (Phi) is 6.88. The van der Waals surface area contributed by atoms with E-state index in [1.807, 2.05) is 6.92 Å². The molecule has 1 atom stereocenters. The summed E-state index contributed by atoms with van der Waals surface area (Å²) in [5.41, 5.74) is 0. The zero-order valence-electron chi connectivity index (χ0n) is 8.50. The van der Waals surface area contributed by atoms with Gasteiger partial charge >= 0.3 is 0 Å². The Morgan fingerprint density at radius 2 is 2.25 bits per heavy atom. The van der Waals surface area contributed by atoms with E-state index in [0.717, 1.165) is 11.4 Å². The third-order valence-electron chi connectivity index (χ3n) is 1.69. The van der Waals surface area contributed by atoms with E-state index in [-0.39, 0.29) is 34.1 Å². The van der Waals surface area contributed by atoms with Gasteiger partial charge in [0.2, 0.25) is 0 Å². The number of rotatable bonds is 5. The molecule has 0 aliphatic carbocycles. The monoisotopic (exact) mass is 349 g/mol. The first-order valence-corrected chi connectivity index (χ1v) is 8.37. The van der Waals surface area contributed by atoms with Crippen LogP contribution in [0.15, 0.2) is 0 Å². The largest absolute Gasteiger partial charge is 0.362 e. The van der Waals surface area contributed by atoms with Crippen molar-refractivity contribution in [2.45, 2.75) is 19.9 Å². The molecule has 0 aliphatic rings. The minimum atomic E-state index is -3.39. The van der Waals surface area contributed by atoms with E-state index in [9.17, 15) is 8.42 Å². The Bertz CT molecular complexity index is 483. The second-order valence-electron chi connectivity index (χ2n) is 2.79. The Morgan fingerprint density at radius 1 is 1.62 bits per heavy atom. The van der Waals surface area contributed by atoms with Gasteiger partial charge in [-0.3, -0.25) is 5.41 Å². The molecule has 0 radical (unpaired) electrons. The van der Waals surface area contributed by atoms with Crippen LogP contribution in [0.5, 0.6) is 0 Å². The van der Waals surface area contributed by atoms with Crippen molar-refractivity contribution in [1.82, 2.24) is 9.78 Å². The van der Waals surface area contributed by atoms with E-state index < -0.39 is 17.5 Å². The maximum absolute atomic E-state index is 11.0. The number of nitrogens with one attached hydrogen (secondary N) is 1. The molecule has 1 aromatic heterocycles. The van der Waals surface area contributed by atoms with Crippen LogP contribution in [0, 0.1) is 5.41 Å². The van der Waals surface area contributed by atoms with Crippen LogP contribution in [0.25, 0.3) is 0 Å². The van der Waals surface area contributed by atoms with Crippen LogP contribution in [-0.4, -0.2) is 28.8 Å². The van der Waals surface area contributed by atoms with Gasteiger partial charge in [0.1, 0.15) is 13.0 Å². The molecule has 0 spiro atoms. The normalized spacial score (nSPS) is 11.9. The predicted molar refractivity (Wildman–Crippen MR) is 70.0 cm³/mol. The molecule has 94 valence electrons. The highest BCUT2D eigenvalue weighted by Gasteiger charge is 2.10. The first kappa shape index (κ1) is 16.2. The fourth-order valence-corrected chi connectivity index (χ4v) is 2.71. The molecule has 10 heteroatoms. The van der Waals surface area contributed by atoms with Gasteiger partial charge in [0, 0.05) is 0 Å². The molecule has 0 amide bonds. The van der Waals surface area contributed by atoms with Crippen molar-refractivity contribution in [3.8, 4) is 0 Å². The van der Waals surface area contributed by atoms with Gasteiger partial charge in [-0.2, -0.15) is 5.10 Å². The first-order chi connectivity index (χ1) is 6.98. The van der Waals surface area contributed by atoms with E-state index >= 15 is 0 Å². The van der Waals surface area contributed by atoms with Gasteiger partial charge in [0.05, 0.1) is 12.3 Å². The molecule has 1 aromatic rings. The van der Waals surface area contributed by atoms with Gasteiger partial charge in [-0.25, -0.2) is 13.1 Å². The van der Waals surface area contributed by atoms with Crippen LogP contribution in [0.3, 0.4) is 0 Å². The number of nitrogens with zero attached hydrogens (tertiary/aromatic N) is 2. The van der Waals surface area contributed by atoms with Gasteiger partial charge in [0.15, 0.2) is 14.3 Å². The molecule has 0 saturated heterocycles. The second-order valence-corrected chi connectivity index (χ2v) is 8.08. The molecule has 0 aliphatic heterocycles. The quantitative estimate of drug-likeness (QED) is 0.755. The van der Waals surface area contributed by atoms with Crippen molar-refractivity contribution in [2.75, 3.05) is 5.75 Å². The summed E-state index contributed by atoms with van der Waals surface area (Å²) < 4.78 is 23.4.